The minimum atomic E-state index is -1.27. The molecule has 0 fully saturated rings. The van der Waals surface area contributed by atoms with E-state index >= 15 is 0 Å². The van der Waals surface area contributed by atoms with E-state index in [2.05, 4.69) is 0 Å². The van der Waals surface area contributed by atoms with Crippen molar-refractivity contribution in [2.45, 2.75) is 6.92 Å². The number of benzene rings is 5. The average molecular weight is 452 g/mol. The average Bonchev–Trinajstić information content (AvgIpc) is 3.08. The molecule has 34 heavy (non-hydrogen) atoms. The predicted molar refractivity (Wildman–Crippen MR) is 140 cm³/mol. The van der Waals surface area contributed by atoms with Crippen molar-refractivity contribution < 1.29 is 31.4 Å². The Morgan fingerprint density at radius 3 is 1.82 bits per heavy atom. The van der Waals surface area contributed by atoms with E-state index in [0.29, 0.717) is 5.56 Å². The second-order valence-electron chi connectivity index (χ2n) is 7.80. The number of aryl methyl sites for hydroxylation is 1. The first-order chi connectivity index (χ1) is 23.4. The zero-order chi connectivity index (χ0) is 36.6. The zero-order valence-electron chi connectivity index (χ0n) is 33.5. The number of ether oxygens (including phenoxy) is 2. The third kappa shape index (κ3) is 2.98. The highest BCUT2D eigenvalue weighted by molar-refractivity contribution is 6.98. The van der Waals surface area contributed by atoms with Gasteiger partial charge in [-0.1, -0.05) is 84.6 Å². The molecule has 0 aromatic heterocycles. The fourth-order valence-corrected chi connectivity index (χ4v) is 4.21. The van der Waals surface area contributed by atoms with Crippen LogP contribution in [0, 0.1) is 6.92 Å². The number of hydrogen-bond acceptors (Lipinski definition) is 2. The first-order valence-electron chi connectivity index (χ1n) is 18.3. The predicted octanol–water partition coefficient (Wildman–Crippen LogP) is 6.06. The van der Waals surface area contributed by atoms with Gasteiger partial charge in [0, 0.05) is 5.46 Å². The first kappa shape index (κ1) is 9.19. The molecule has 2 nitrogen and oxygen atoms in total. The van der Waals surface area contributed by atoms with E-state index in [4.69, 9.17) is 27.3 Å². The molecule has 0 N–H and O–H groups in total. The third-order valence-electron chi connectivity index (χ3n) is 5.65. The number of hydrogen-bond donors (Lipinski definition) is 0. The highest BCUT2D eigenvalue weighted by atomic mass is 16.5. The standard InChI is InChI=1S/C31H21BO2/c1-20-16-29-31-30(17-20)34-28-19-24(22-10-6-3-7-11-22)12-14-25(28)32(31)26-18-23(13-15-27(26)33-29)21-8-4-2-5-9-21/h2-19H,1H3/i2D,3D,4D,5D,6D,7D,8D,9D,10D,11D,12D,13D,14D,15D,18D,19D. The fourth-order valence-electron chi connectivity index (χ4n) is 4.21. The van der Waals surface area contributed by atoms with E-state index in [1.807, 2.05) is 0 Å². The second-order valence-corrected chi connectivity index (χ2v) is 7.80. The molecule has 0 bridgehead atoms. The summed E-state index contributed by atoms with van der Waals surface area (Å²) < 4.78 is 150. The van der Waals surface area contributed by atoms with Crippen molar-refractivity contribution >= 4 is 23.1 Å². The SMILES string of the molecule is [2H]c1c([2H])c([2H])c(-c2c([2H])c([2H])c3c(c2[2H])Oc2cc(C)cc4c2B3c2c([2H])c(-c3c([2H])c([2H])c([2H])c([2H])c3[2H])c([2H])c([2H])c2O4)c([2H])c1[2H]. The molecule has 7 rings (SSSR count). The van der Waals surface area contributed by atoms with Gasteiger partial charge < -0.3 is 9.47 Å². The molecule has 2 heterocycles. The van der Waals surface area contributed by atoms with E-state index in [1.54, 1.807) is 19.1 Å². The van der Waals surface area contributed by atoms with Crippen molar-refractivity contribution in [3.8, 4) is 45.3 Å². The van der Waals surface area contributed by atoms with E-state index in [0.717, 1.165) is 0 Å². The zero-order valence-corrected chi connectivity index (χ0v) is 17.5. The Hall–Kier alpha value is -4.24. The minimum Gasteiger partial charge on any atom is -0.458 e. The van der Waals surface area contributed by atoms with Gasteiger partial charge in [0.15, 0.2) is 0 Å². The van der Waals surface area contributed by atoms with E-state index in [9.17, 15) is 4.11 Å². The second kappa shape index (κ2) is 7.39. The Bertz CT molecular complexity index is 2370. The van der Waals surface area contributed by atoms with Crippen molar-refractivity contribution in [2.24, 2.45) is 0 Å². The lowest BCUT2D eigenvalue weighted by molar-refractivity contribution is 0.464. The molecule has 3 heteroatoms. The monoisotopic (exact) mass is 452 g/mol. The van der Waals surface area contributed by atoms with E-state index < -0.39 is 126 Å². The molecule has 2 aliphatic rings. The molecule has 0 saturated heterocycles. The summed E-state index contributed by atoms with van der Waals surface area (Å²) in [5.41, 5.74) is -1.32. The van der Waals surface area contributed by atoms with Crippen LogP contribution in [0.15, 0.2) is 109 Å². The van der Waals surface area contributed by atoms with Crippen LogP contribution >= 0.6 is 0 Å². The van der Waals surface area contributed by atoms with Gasteiger partial charge in [-0.2, -0.15) is 0 Å². The molecule has 5 aromatic carbocycles. The van der Waals surface area contributed by atoms with Gasteiger partial charge in [0.1, 0.15) is 23.0 Å². The van der Waals surface area contributed by atoms with Gasteiger partial charge in [-0.3, -0.25) is 0 Å². The molecular formula is C31H21BO2. The fraction of sp³-hybridized carbons (Fsp3) is 0.0323. The van der Waals surface area contributed by atoms with E-state index in [-0.39, 0.29) is 39.4 Å². The summed E-state index contributed by atoms with van der Waals surface area (Å²) in [5, 5.41) is 0. The summed E-state index contributed by atoms with van der Waals surface area (Å²) in [5.74, 6) is -0.366. The van der Waals surface area contributed by atoms with Crippen LogP contribution in [0.4, 0.5) is 0 Å². The summed E-state index contributed by atoms with van der Waals surface area (Å²) in [6.07, 6.45) is 0. The molecule has 0 aliphatic carbocycles. The smallest absolute Gasteiger partial charge is 0.260 e. The minimum absolute atomic E-state index is 0.103. The maximum Gasteiger partial charge on any atom is 0.260 e. The summed E-state index contributed by atoms with van der Waals surface area (Å²) in [6.45, 7) is 0.435. The van der Waals surface area contributed by atoms with Gasteiger partial charge >= 0.3 is 0 Å². The van der Waals surface area contributed by atoms with Crippen molar-refractivity contribution in [3.05, 3.63) is 114 Å². The van der Waals surface area contributed by atoms with Crippen LogP contribution in [-0.2, 0) is 0 Å². The molecule has 0 unspecified atom stereocenters. The van der Waals surface area contributed by atoms with Crippen molar-refractivity contribution in [1.82, 2.24) is 0 Å². The maximum atomic E-state index is 9.39. The van der Waals surface area contributed by atoms with E-state index in [1.165, 1.54) is 0 Å². The first-order valence-corrected chi connectivity index (χ1v) is 10.3. The Kier molecular flexibility index (Phi) is 2.00. The van der Waals surface area contributed by atoms with Crippen LogP contribution in [0.1, 0.15) is 27.5 Å². The summed E-state index contributed by atoms with van der Waals surface area (Å²) in [6, 6.07) is -7.46. The van der Waals surface area contributed by atoms with Gasteiger partial charge in [-0.05, 0) is 69.9 Å². The molecule has 0 saturated carbocycles. The molecule has 0 atom stereocenters. The Labute approximate surface area is 222 Å². The maximum absolute atomic E-state index is 9.39. The lowest BCUT2D eigenvalue weighted by Crippen LogP contribution is -2.57. The Balaban J connectivity index is 1.62. The molecule has 0 spiro atoms. The van der Waals surface area contributed by atoms with Gasteiger partial charge in [-0.25, -0.2) is 0 Å². The lowest BCUT2D eigenvalue weighted by atomic mass is 9.34. The van der Waals surface area contributed by atoms with Gasteiger partial charge in [0.2, 0.25) is 0 Å². The van der Waals surface area contributed by atoms with Crippen molar-refractivity contribution in [3.63, 3.8) is 0 Å². The van der Waals surface area contributed by atoms with Gasteiger partial charge in [0.05, 0.1) is 21.9 Å². The van der Waals surface area contributed by atoms with Crippen molar-refractivity contribution in [2.75, 3.05) is 0 Å². The van der Waals surface area contributed by atoms with Crippen LogP contribution in [0.5, 0.6) is 23.0 Å². The van der Waals surface area contributed by atoms with Crippen LogP contribution in [0.2, 0.25) is 0 Å². The summed E-state index contributed by atoms with van der Waals surface area (Å²) in [4.78, 5) is 0. The number of fused-ring (bicyclic) bond motifs is 4. The summed E-state index contributed by atoms with van der Waals surface area (Å²) >= 11 is 0. The summed E-state index contributed by atoms with van der Waals surface area (Å²) in [7, 11) is 0. The largest absolute Gasteiger partial charge is 0.458 e. The normalized spacial score (nSPS) is 19.3. The molecular weight excluding hydrogens is 415 g/mol. The molecule has 0 radical (unpaired) electrons. The quantitative estimate of drug-likeness (QED) is 0.297. The van der Waals surface area contributed by atoms with Crippen LogP contribution in [0.3, 0.4) is 0 Å². The highest BCUT2D eigenvalue weighted by Gasteiger charge is 2.40. The Morgan fingerprint density at radius 1 is 0.559 bits per heavy atom. The van der Waals surface area contributed by atoms with Gasteiger partial charge in [0.25, 0.3) is 6.71 Å². The Morgan fingerprint density at radius 2 is 1.15 bits per heavy atom. The van der Waals surface area contributed by atoms with Gasteiger partial charge in [-0.15, -0.1) is 0 Å². The third-order valence-corrected chi connectivity index (χ3v) is 5.65. The highest BCUT2D eigenvalue weighted by Crippen LogP contribution is 2.37. The molecule has 5 aromatic rings. The lowest BCUT2D eigenvalue weighted by Gasteiger charge is -2.33. The van der Waals surface area contributed by atoms with Crippen LogP contribution < -0.4 is 25.9 Å². The molecule has 2 aliphatic heterocycles. The molecule has 160 valence electrons. The molecule has 0 amide bonds. The van der Waals surface area contributed by atoms with Crippen LogP contribution in [0.25, 0.3) is 22.3 Å². The topological polar surface area (TPSA) is 18.5 Å². The van der Waals surface area contributed by atoms with Crippen molar-refractivity contribution in [1.29, 1.82) is 0 Å². The van der Waals surface area contributed by atoms with Crippen LogP contribution in [-0.4, -0.2) is 6.71 Å². The number of rotatable bonds is 2.